The van der Waals surface area contributed by atoms with Gasteiger partial charge in [-0.2, -0.15) is 11.3 Å². The van der Waals surface area contributed by atoms with Crippen LogP contribution in [0.5, 0.6) is 5.75 Å². The number of hydrogen-bond donors (Lipinski definition) is 0. The summed E-state index contributed by atoms with van der Waals surface area (Å²) in [5.41, 5.74) is 5.32. The van der Waals surface area contributed by atoms with Crippen molar-refractivity contribution in [2.75, 3.05) is 0 Å². The molecule has 3 heteroatoms. The summed E-state index contributed by atoms with van der Waals surface area (Å²) in [4.78, 5) is 0. The van der Waals surface area contributed by atoms with Crippen LogP contribution in [0.4, 0.5) is 0 Å². The zero-order chi connectivity index (χ0) is 18.3. The molecule has 2 aromatic rings. The number of hydrogen-bond acceptors (Lipinski definition) is 2. The van der Waals surface area contributed by atoms with Gasteiger partial charge in [0.05, 0.1) is 0 Å². The highest BCUT2D eigenvalue weighted by molar-refractivity contribution is 7.08. The molecule has 132 valence electrons. The third-order valence-electron chi connectivity index (χ3n) is 3.97. The van der Waals surface area contributed by atoms with Crippen LogP contribution >= 0.6 is 11.3 Å². The van der Waals surface area contributed by atoms with E-state index in [1.807, 2.05) is 0 Å². The second-order valence-electron chi connectivity index (χ2n) is 9.63. The van der Waals surface area contributed by atoms with E-state index in [9.17, 15) is 0 Å². The lowest BCUT2D eigenvalue weighted by Gasteiger charge is -2.34. The molecule has 0 amide bonds. The van der Waals surface area contributed by atoms with Gasteiger partial charge < -0.3 is 4.43 Å². The fraction of sp³-hybridized carbons (Fsp3) is 0.524. The first-order valence-corrected chi connectivity index (χ1v) is 13.0. The lowest BCUT2D eigenvalue weighted by Crippen LogP contribution is -2.32. The summed E-state index contributed by atoms with van der Waals surface area (Å²) in [6, 6.07) is 6.89. The standard InChI is InChI=1S/C21H32OSSi/c1-20(2,3)17-12-16(15-10-11-23-14-15)13-18(21(4,5)6)19(17)22-24(7,8)9/h10-14H,1-9H3. The Bertz CT molecular complexity index is 660. The average molecular weight is 361 g/mol. The molecular formula is C21H32OSSi. The molecule has 1 aromatic carbocycles. The minimum Gasteiger partial charge on any atom is -0.544 e. The Morgan fingerprint density at radius 1 is 0.833 bits per heavy atom. The van der Waals surface area contributed by atoms with Crippen LogP contribution in [0.15, 0.2) is 29.0 Å². The van der Waals surface area contributed by atoms with Crippen LogP contribution in [0.1, 0.15) is 52.7 Å². The molecule has 1 nitrogen and oxygen atoms in total. The van der Waals surface area contributed by atoms with Crippen LogP contribution in [0.3, 0.4) is 0 Å². The van der Waals surface area contributed by atoms with Gasteiger partial charge in [0.25, 0.3) is 0 Å². The summed E-state index contributed by atoms with van der Waals surface area (Å²) in [5.74, 6) is 1.12. The minimum absolute atomic E-state index is 0.0427. The zero-order valence-corrected chi connectivity index (χ0v) is 18.5. The number of thiophene rings is 1. The van der Waals surface area contributed by atoms with Gasteiger partial charge in [0.1, 0.15) is 5.75 Å². The molecule has 1 aromatic heterocycles. The van der Waals surface area contributed by atoms with Crippen molar-refractivity contribution in [3.8, 4) is 16.9 Å². The van der Waals surface area contributed by atoms with Gasteiger partial charge in [-0.15, -0.1) is 0 Å². The SMILES string of the molecule is CC(C)(C)c1cc(-c2ccsc2)cc(C(C)(C)C)c1O[Si](C)(C)C. The summed E-state index contributed by atoms with van der Waals surface area (Å²) < 4.78 is 6.63. The molecule has 0 radical (unpaired) electrons. The van der Waals surface area contributed by atoms with Crippen molar-refractivity contribution in [3.63, 3.8) is 0 Å². The Balaban J connectivity index is 2.80. The van der Waals surface area contributed by atoms with Gasteiger partial charge in [0, 0.05) is 0 Å². The largest absolute Gasteiger partial charge is 0.544 e. The normalized spacial score (nSPS) is 13.2. The maximum absolute atomic E-state index is 6.63. The van der Waals surface area contributed by atoms with Crippen LogP contribution < -0.4 is 4.43 Å². The van der Waals surface area contributed by atoms with Crippen molar-refractivity contribution in [2.24, 2.45) is 0 Å². The van der Waals surface area contributed by atoms with E-state index in [1.54, 1.807) is 11.3 Å². The van der Waals surface area contributed by atoms with Crippen molar-refractivity contribution in [1.29, 1.82) is 0 Å². The summed E-state index contributed by atoms with van der Waals surface area (Å²) in [7, 11) is -1.70. The molecule has 0 aliphatic carbocycles. The van der Waals surface area contributed by atoms with Crippen molar-refractivity contribution in [1.82, 2.24) is 0 Å². The highest BCUT2D eigenvalue weighted by Crippen LogP contribution is 2.43. The molecule has 0 aliphatic rings. The summed E-state index contributed by atoms with van der Waals surface area (Å²) in [5, 5.41) is 4.38. The van der Waals surface area contributed by atoms with Gasteiger partial charge >= 0.3 is 0 Å². The Morgan fingerprint density at radius 2 is 1.33 bits per heavy atom. The van der Waals surface area contributed by atoms with E-state index in [-0.39, 0.29) is 10.8 Å². The van der Waals surface area contributed by atoms with Crippen LogP contribution in [0.2, 0.25) is 19.6 Å². The first-order valence-electron chi connectivity index (χ1n) is 8.70. The third kappa shape index (κ3) is 4.51. The highest BCUT2D eigenvalue weighted by atomic mass is 32.1. The zero-order valence-electron chi connectivity index (χ0n) is 16.7. The molecule has 0 bridgehead atoms. The van der Waals surface area contributed by atoms with Gasteiger partial charge in [-0.05, 0) is 81.7 Å². The highest BCUT2D eigenvalue weighted by Gasteiger charge is 2.30. The molecule has 0 atom stereocenters. The van der Waals surface area contributed by atoms with E-state index in [0.717, 1.165) is 5.75 Å². The Kier molecular flexibility index (Phi) is 5.09. The van der Waals surface area contributed by atoms with Crippen molar-refractivity contribution in [3.05, 3.63) is 40.1 Å². The van der Waals surface area contributed by atoms with Gasteiger partial charge in [0.15, 0.2) is 0 Å². The molecule has 0 saturated carbocycles. The number of benzene rings is 1. The lowest BCUT2D eigenvalue weighted by atomic mass is 9.78. The molecule has 0 N–H and O–H groups in total. The summed E-state index contributed by atoms with van der Waals surface area (Å²) in [6.07, 6.45) is 0. The van der Waals surface area contributed by atoms with E-state index >= 15 is 0 Å². The van der Waals surface area contributed by atoms with Crippen molar-refractivity contribution in [2.45, 2.75) is 72.0 Å². The van der Waals surface area contributed by atoms with E-state index in [2.05, 4.69) is 90.1 Å². The molecule has 0 unspecified atom stereocenters. The average Bonchev–Trinajstić information content (AvgIpc) is 2.88. The molecule has 0 fully saturated rings. The third-order valence-corrected chi connectivity index (χ3v) is 5.47. The lowest BCUT2D eigenvalue weighted by molar-refractivity contribution is 0.478. The summed E-state index contributed by atoms with van der Waals surface area (Å²) in [6.45, 7) is 20.5. The van der Waals surface area contributed by atoms with Crippen LogP contribution in [0, 0.1) is 0 Å². The maximum atomic E-state index is 6.63. The van der Waals surface area contributed by atoms with E-state index in [4.69, 9.17) is 4.43 Å². The topological polar surface area (TPSA) is 9.23 Å². The smallest absolute Gasteiger partial charge is 0.242 e. The second-order valence-corrected chi connectivity index (χ2v) is 14.8. The number of rotatable bonds is 3. The van der Waals surface area contributed by atoms with Crippen LogP contribution in [-0.2, 0) is 10.8 Å². The second kappa shape index (κ2) is 6.34. The summed E-state index contributed by atoms with van der Waals surface area (Å²) >= 11 is 1.75. The van der Waals surface area contributed by atoms with E-state index in [1.165, 1.54) is 22.3 Å². The molecule has 1 heterocycles. The van der Waals surface area contributed by atoms with Crippen molar-refractivity contribution < 1.29 is 4.43 Å². The fourth-order valence-corrected chi connectivity index (χ4v) is 4.25. The Morgan fingerprint density at radius 3 is 1.67 bits per heavy atom. The van der Waals surface area contributed by atoms with Gasteiger partial charge in [-0.3, -0.25) is 0 Å². The Labute approximate surface area is 153 Å². The van der Waals surface area contributed by atoms with E-state index < -0.39 is 8.32 Å². The molecule has 0 saturated heterocycles. The fourth-order valence-electron chi connectivity index (χ4n) is 2.75. The molecule has 24 heavy (non-hydrogen) atoms. The van der Waals surface area contributed by atoms with Gasteiger partial charge in [-0.25, -0.2) is 0 Å². The monoisotopic (exact) mass is 360 g/mol. The predicted molar refractivity (Wildman–Crippen MR) is 111 cm³/mol. The Hall–Kier alpha value is -1.06. The maximum Gasteiger partial charge on any atom is 0.242 e. The minimum atomic E-state index is -1.70. The van der Waals surface area contributed by atoms with Crippen molar-refractivity contribution >= 4 is 19.7 Å². The first kappa shape index (κ1) is 19.3. The molecule has 2 rings (SSSR count). The van der Waals surface area contributed by atoms with Crippen LogP contribution in [0.25, 0.3) is 11.1 Å². The van der Waals surface area contributed by atoms with E-state index in [0.29, 0.717) is 0 Å². The van der Waals surface area contributed by atoms with Gasteiger partial charge in [-0.1, -0.05) is 41.5 Å². The quantitative estimate of drug-likeness (QED) is 0.525. The molecule has 0 aliphatic heterocycles. The first-order chi connectivity index (χ1) is 10.8. The molecule has 0 spiro atoms. The van der Waals surface area contributed by atoms with Gasteiger partial charge in [0.2, 0.25) is 8.32 Å². The predicted octanol–water partition coefficient (Wildman–Crippen LogP) is 7.22. The van der Waals surface area contributed by atoms with Crippen LogP contribution in [-0.4, -0.2) is 8.32 Å². The molecular weight excluding hydrogens is 328 g/mol.